The van der Waals surface area contributed by atoms with Crippen LogP contribution in [0.25, 0.3) is 10.9 Å². The summed E-state index contributed by atoms with van der Waals surface area (Å²) in [6.45, 7) is 3.05. The maximum Gasteiger partial charge on any atom is 0.177 e. The van der Waals surface area contributed by atoms with E-state index in [2.05, 4.69) is 57.1 Å². The molecule has 130 valence electrons. The van der Waals surface area contributed by atoms with Crippen molar-refractivity contribution >= 4 is 16.7 Å². The predicted octanol–water partition coefficient (Wildman–Crippen LogP) is 1.50. The van der Waals surface area contributed by atoms with Crippen LogP contribution in [0.15, 0.2) is 60.1 Å². The van der Waals surface area contributed by atoms with E-state index in [1.54, 1.807) is 0 Å². The fourth-order valence-electron chi connectivity index (χ4n) is 2.61. The van der Waals surface area contributed by atoms with Crippen LogP contribution in [-0.2, 0) is 18.4 Å². The number of rotatable bonds is 6. The zero-order valence-electron chi connectivity index (χ0n) is 14.6. The number of aryl methyl sites for hydroxylation is 1. The molecule has 3 aromatic rings. The topological polar surface area (TPSA) is 82.4 Å². The highest BCUT2D eigenvalue weighted by molar-refractivity contribution is 5.97. The van der Waals surface area contributed by atoms with Gasteiger partial charge in [-0.3, -0.25) is 0 Å². The van der Waals surface area contributed by atoms with Gasteiger partial charge in [0.1, 0.15) is 13.2 Å². The van der Waals surface area contributed by atoms with Gasteiger partial charge in [0.25, 0.3) is 0 Å². The summed E-state index contributed by atoms with van der Waals surface area (Å²) in [5.41, 5.74) is 14.7. The Balaban J connectivity index is 1.74. The van der Waals surface area contributed by atoms with E-state index in [0.717, 1.165) is 12.1 Å². The Labute approximate surface area is 147 Å². The van der Waals surface area contributed by atoms with Gasteiger partial charge in [-0.1, -0.05) is 29.4 Å². The quantitative estimate of drug-likeness (QED) is 0.309. The molecule has 6 heteroatoms. The summed E-state index contributed by atoms with van der Waals surface area (Å²) < 4.78 is 4.28. The number of fused-ring (bicyclic) bond motifs is 1. The van der Waals surface area contributed by atoms with Crippen molar-refractivity contribution in [2.24, 2.45) is 23.7 Å². The van der Waals surface area contributed by atoms with Gasteiger partial charge in [-0.25, -0.2) is 4.57 Å². The largest absolute Gasteiger partial charge is 0.390 e. The van der Waals surface area contributed by atoms with Gasteiger partial charge >= 0.3 is 0 Å². The van der Waals surface area contributed by atoms with Crippen LogP contribution in [0.5, 0.6) is 0 Å². The number of nitrogens with two attached hydrogens (primary N) is 2. The second-order valence-electron chi connectivity index (χ2n) is 6.22. The molecule has 3 rings (SSSR count). The molecule has 0 saturated carbocycles. The fraction of sp³-hybridized carbons (Fsp3) is 0.263. The summed E-state index contributed by atoms with van der Waals surface area (Å²) in [5, 5.41) is 5.15. The first-order valence-electron chi connectivity index (χ1n) is 8.29. The Kier molecular flexibility index (Phi) is 5.00. The van der Waals surface area contributed by atoms with Gasteiger partial charge in [-0.05, 0) is 18.6 Å². The van der Waals surface area contributed by atoms with Crippen LogP contribution in [-0.4, -0.2) is 23.1 Å². The Morgan fingerprint density at radius 1 is 1.24 bits per heavy atom. The van der Waals surface area contributed by atoms with E-state index in [9.17, 15) is 0 Å². The van der Waals surface area contributed by atoms with E-state index in [1.807, 2.05) is 26.1 Å². The van der Waals surface area contributed by atoms with Crippen LogP contribution in [0.1, 0.15) is 18.1 Å². The highest BCUT2D eigenvalue weighted by atomic mass is 16.6. The minimum atomic E-state index is -0.151. The molecular formula is C19H24N5O+. The first-order valence-corrected chi connectivity index (χ1v) is 8.29. The highest BCUT2D eigenvalue weighted by Gasteiger charge is 2.06. The molecule has 1 atom stereocenters. The number of hydrogen-bond donors (Lipinski definition) is 2. The molecule has 0 aliphatic rings. The number of amidine groups is 1. The van der Waals surface area contributed by atoms with Crippen LogP contribution >= 0.6 is 0 Å². The molecule has 4 N–H and O–H groups in total. The maximum atomic E-state index is 5.95. The number of pyridine rings is 1. The molecule has 0 bridgehead atoms. The van der Waals surface area contributed by atoms with Gasteiger partial charge in [0, 0.05) is 30.9 Å². The predicted molar refractivity (Wildman–Crippen MR) is 99.0 cm³/mol. The van der Waals surface area contributed by atoms with Gasteiger partial charge in [-0.2, -0.15) is 0 Å². The second-order valence-corrected chi connectivity index (χ2v) is 6.22. The smallest absolute Gasteiger partial charge is 0.177 e. The molecule has 1 unspecified atom stereocenters. The lowest BCUT2D eigenvalue weighted by atomic mass is 10.1. The molecule has 0 spiro atoms. The Morgan fingerprint density at radius 2 is 2.00 bits per heavy atom. The molecule has 0 saturated heterocycles. The Morgan fingerprint density at radius 3 is 2.72 bits per heavy atom. The number of nitrogens with zero attached hydrogens (tertiary/aromatic N) is 3. The third-order valence-electron chi connectivity index (χ3n) is 4.12. The molecule has 0 radical (unpaired) electrons. The summed E-state index contributed by atoms with van der Waals surface area (Å²) >= 11 is 0. The first-order chi connectivity index (χ1) is 12.1. The SMILES string of the molecule is CC(CN)ON=C(N)c1ccc(Cn2ccc3c[n+](C)ccc32)cc1. The molecular weight excluding hydrogens is 314 g/mol. The minimum Gasteiger partial charge on any atom is -0.390 e. The van der Waals surface area contributed by atoms with Crippen molar-refractivity contribution in [3.63, 3.8) is 0 Å². The van der Waals surface area contributed by atoms with E-state index >= 15 is 0 Å². The van der Waals surface area contributed by atoms with Crippen molar-refractivity contribution in [1.29, 1.82) is 0 Å². The maximum absolute atomic E-state index is 5.95. The molecule has 0 amide bonds. The summed E-state index contributed by atoms with van der Waals surface area (Å²) in [7, 11) is 2.03. The normalized spacial score (nSPS) is 13.2. The van der Waals surface area contributed by atoms with E-state index in [0.29, 0.717) is 12.4 Å². The second kappa shape index (κ2) is 7.36. The van der Waals surface area contributed by atoms with Crippen molar-refractivity contribution in [2.45, 2.75) is 19.6 Å². The molecule has 25 heavy (non-hydrogen) atoms. The standard InChI is InChI=1S/C19H24N5O/c1-14(11-20)25-22-19(21)16-5-3-15(4-6-16)12-24-10-7-17-13-23(2)9-8-18(17)24/h3-10,13-14H,11-12,20H2,1-2H3,(H2,21,22)/q+1. The van der Waals surface area contributed by atoms with Gasteiger partial charge in [-0.15, -0.1) is 0 Å². The summed E-state index contributed by atoms with van der Waals surface area (Å²) in [5.74, 6) is 0.353. The van der Waals surface area contributed by atoms with Gasteiger partial charge in [0.05, 0.1) is 10.9 Å². The van der Waals surface area contributed by atoms with Crippen LogP contribution in [0.3, 0.4) is 0 Å². The van der Waals surface area contributed by atoms with Crippen molar-refractivity contribution in [3.05, 3.63) is 66.1 Å². The summed E-state index contributed by atoms with van der Waals surface area (Å²) in [4.78, 5) is 5.21. The average Bonchev–Trinajstić information content (AvgIpc) is 3.01. The van der Waals surface area contributed by atoms with Crippen molar-refractivity contribution in [3.8, 4) is 0 Å². The first kappa shape index (κ1) is 17.0. The van der Waals surface area contributed by atoms with Gasteiger partial charge in [0.2, 0.25) is 0 Å². The van der Waals surface area contributed by atoms with Crippen LogP contribution in [0, 0.1) is 0 Å². The molecule has 1 aromatic carbocycles. The molecule has 2 aromatic heterocycles. The lowest BCUT2D eigenvalue weighted by Gasteiger charge is -2.08. The number of benzene rings is 1. The fourth-order valence-corrected chi connectivity index (χ4v) is 2.61. The van der Waals surface area contributed by atoms with E-state index in [4.69, 9.17) is 16.3 Å². The van der Waals surface area contributed by atoms with E-state index in [1.165, 1.54) is 16.5 Å². The monoisotopic (exact) mass is 338 g/mol. The average molecular weight is 338 g/mol. The highest BCUT2D eigenvalue weighted by Crippen LogP contribution is 2.15. The number of oxime groups is 1. The Hall–Kier alpha value is -2.86. The molecule has 0 aliphatic heterocycles. The van der Waals surface area contributed by atoms with Crippen molar-refractivity contribution in [1.82, 2.24) is 4.57 Å². The summed E-state index contributed by atoms with van der Waals surface area (Å²) in [6.07, 6.45) is 6.13. The Bertz CT molecular complexity index is 882. The van der Waals surface area contributed by atoms with Crippen LogP contribution in [0.4, 0.5) is 0 Å². The van der Waals surface area contributed by atoms with Crippen LogP contribution < -0.4 is 16.0 Å². The molecule has 6 nitrogen and oxygen atoms in total. The van der Waals surface area contributed by atoms with Gasteiger partial charge in [0.15, 0.2) is 18.2 Å². The number of hydrogen-bond acceptors (Lipinski definition) is 3. The lowest BCUT2D eigenvalue weighted by molar-refractivity contribution is -0.670. The minimum absolute atomic E-state index is 0.151. The molecule has 0 aliphatic carbocycles. The third kappa shape index (κ3) is 3.97. The van der Waals surface area contributed by atoms with E-state index < -0.39 is 0 Å². The number of aromatic nitrogens is 2. The third-order valence-corrected chi connectivity index (χ3v) is 4.12. The molecule has 2 heterocycles. The van der Waals surface area contributed by atoms with Crippen LogP contribution in [0.2, 0.25) is 0 Å². The van der Waals surface area contributed by atoms with E-state index in [-0.39, 0.29) is 6.10 Å². The zero-order chi connectivity index (χ0) is 17.8. The summed E-state index contributed by atoms with van der Waals surface area (Å²) in [6, 6.07) is 12.3. The lowest BCUT2D eigenvalue weighted by Crippen LogP contribution is -2.25. The van der Waals surface area contributed by atoms with Gasteiger partial charge < -0.3 is 20.9 Å². The van der Waals surface area contributed by atoms with Crippen molar-refractivity contribution < 1.29 is 9.40 Å². The van der Waals surface area contributed by atoms with Crippen molar-refractivity contribution in [2.75, 3.05) is 6.54 Å². The zero-order valence-corrected chi connectivity index (χ0v) is 14.6. The molecule has 0 fully saturated rings.